The number of H-pyrrole nitrogens is 1. The van der Waals surface area contributed by atoms with Gasteiger partial charge in [0.1, 0.15) is 23.0 Å². The summed E-state index contributed by atoms with van der Waals surface area (Å²) in [4.78, 5) is 20.1. The molecule has 1 aromatic heterocycles. The van der Waals surface area contributed by atoms with Crippen molar-refractivity contribution in [2.45, 2.75) is 50.5 Å². The highest BCUT2D eigenvalue weighted by molar-refractivity contribution is 7.89. The standard InChI is InChI=1S/C24H35N5O6S/c1-4-8-19(25)21-22(26-3)24(31)28-23(27-21)18-13-17(9-10-20(18)34-5-2)36(32,33)29-14-16(15-29)35-12-7-6-11-30/h9-10,13,16,25-26,30H,4-8,11-12,14-15H2,1-3H3,(H,27,28,31). The van der Waals surface area contributed by atoms with Gasteiger partial charge in [-0.2, -0.15) is 4.31 Å². The van der Waals surface area contributed by atoms with Crippen molar-refractivity contribution in [1.82, 2.24) is 14.3 Å². The Hall–Kier alpha value is -2.80. The van der Waals surface area contributed by atoms with E-state index in [0.717, 1.165) is 6.42 Å². The van der Waals surface area contributed by atoms with Crippen LogP contribution in [0.2, 0.25) is 0 Å². The average molecular weight is 522 g/mol. The molecule has 0 amide bonds. The van der Waals surface area contributed by atoms with Gasteiger partial charge in [-0.25, -0.2) is 13.4 Å². The van der Waals surface area contributed by atoms with Crippen LogP contribution in [-0.4, -0.2) is 79.6 Å². The molecule has 11 nitrogen and oxygen atoms in total. The molecular formula is C24H35N5O6S. The molecule has 2 heterocycles. The molecule has 0 bridgehead atoms. The van der Waals surface area contributed by atoms with E-state index in [1.165, 1.54) is 16.4 Å². The van der Waals surface area contributed by atoms with Gasteiger partial charge in [-0.3, -0.25) is 4.79 Å². The minimum atomic E-state index is -3.81. The fourth-order valence-corrected chi connectivity index (χ4v) is 5.40. The first-order valence-corrected chi connectivity index (χ1v) is 13.6. The molecule has 1 aliphatic rings. The van der Waals surface area contributed by atoms with Crippen molar-refractivity contribution in [3.8, 4) is 17.1 Å². The molecule has 2 aromatic rings. The Morgan fingerprint density at radius 1 is 1.31 bits per heavy atom. The van der Waals surface area contributed by atoms with Gasteiger partial charge in [0.25, 0.3) is 5.56 Å². The van der Waals surface area contributed by atoms with Crippen molar-refractivity contribution in [2.75, 3.05) is 45.3 Å². The molecule has 0 radical (unpaired) electrons. The van der Waals surface area contributed by atoms with E-state index >= 15 is 0 Å². The van der Waals surface area contributed by atoms with Crippen LogP contribution in [0.15, 0.2) is 27.9 Å². The lowest BCUT2D eigenvalue weighted by Crippen LogP contribution is -2.54. The van der Waals surface area contributed by atoms with E-state index in [2.05, 4.69) is 15.3 Å². The molecule has 1 saturated heterocycles. The molecule has 36 heavy (non-hydrogen) atoms. The molecule has 12 heteroatoms. The molecule has 0 spiro atoms. The molecule has 1 aliphatic heterocycles. The highest BCUT2D eigenvalue weighted by atomic mass is 32.2. The maximum Gasteiger partial charge on any atom is 0.275 e. The summed E-state index contributed by atoms with van der Waals surface area (Å²) in [5.41, 5.74) is 0.474. The van der Waals surface area contributed by atoms with Gasteiger partial charge >= 0.3 is 0 Å². The number of nitrogens with zero attached hydrogens (tertiary/aromatic N) is 2. The van der Waals surface area contributed by atoms with Crippen LogP contribution in [0.3, 0.4) is 0 Å². The zero-order valence-corrected chi connectivity index (χ0v) is 21.8. The van der Waals surface area contributed by atoms with Crippen molar-refractivity contribution >= 4 is 21.4 Å². The first-order chi connectivity index (χ1) is 17.3. The SMILES string of the molecule is CCCC(=N)c1nc(-c2cc(S(=O)(=O)N3CC(OCCCCO)C3)ccc2OCC)[nH]c(=O)c1NC. The van der Waals surface area contributed by atoms with Gasteiger partial charge in [-0.15, -0.1) is 0 Å². The number of hydrogen-bond acceptors (Lipinski definition) is 9. The monoisotopic (exact) mass is 521 g/mol. The number of benzene rings is 1. The van der Waals surface area contributed by atoms with E-state index in [-0.39, 0.29) is 53.6 Å². The number of sulfonamides is 1. The second kappa shape index (κ2) is 12.4. The molecule has 3 rings (SSSR count). The van der Waals surface area contributed by atoms with Crippen molar-refractivity contribution in [3.05, 3.63) is 34.2 Å². The Morgan fingerprint density at radius 3 is 2.69 bits per heavy atom. The van der Waals surface area contributed by atoms with Crippen LogP contribution in [0, 0.1) is 5.41 Å². The van der Waals surface area contributed by atoms with Gasteiger partial charge < -0.3 is 30.3 Å². The third-order valence-electron chi connectivity index (χ3n) is 5.82. The summed E-state index contributed by atoms with van der Waals surface area (Å²) < 4.78 is 39.3. The number of aliphatic hydroxyl groups excluding tert-OH is 1. The molecule has 4 N–H and O–H groups in total. The molecule has 1 aromatic carbocycles. The number of ether oxygens (including phenoxy) is 2. The number of unbranched alkanes of at least 4 members (excludes halogenated alkanes) is 1. The Balaban J connectivity index is 1.94. The highest BCUT2D eigenvalue weighted by Gasteiger charge is 2.37. The number of nitrogens with one attached hydrogen (secondary N) is 3. The Bertz CT molecular complexity index is 1220. The van der Waals surface area contributed by atoms with E-state index in [0.29, 0.717) is 43.8 Å². The molecule has 0 unspecified atom stereocenters. The fraction of sp³-hybridized carbons (Fsp3) is 0.542. The van der Waals surface area contributed by atoms with Crippen molar-refractivity contribution in [2.24, 2.45) is 0 Å². The van der Waals surface area contributed by atoms with Crippen LogP contribution in [0.1, 0.15) is 45.2 Å². The van der Waals surface area contributed by atoms with E-state index in [9.17, 15) is 13.2 Å². The van der Waals surface area contributed by atoms with Crippen molar-refractivity contribution in [3.63, 3.8) is 0 Å². The average Bonchev–Trinajstić information content (AvgIpc) is 2.82. The first-order valence-electron chi connectivity index (χ1n) is 12.2. The highest BCUT2D eigenvalue weighted by Crippen LogP contribution is 2.33. The largest absolute Gasteiger partial charge is 0.493 e. The van der Waals surface area contributed by atoms with Crippen LogP contribution in [0.4, 0.5) is 5.69 Å². The van der Waals surface area contributed by atoms with Gasteiger partial charge in [0.05, 0.1) is 28.9 Å². The van der Waals surface area contributed by atoms with E-state index in [4.69, 9.17) is 20.0 Å². The predicted molar refractivity (Wildman–Crippen MR) is 138 cm³/mol. The molecule has 1 fully saturated rings. The van der Waals surface area contributed by atoms with Gasteiger partial charge in [-0.1, -0.05) is 13.3 Å². The minimum Gasteiger partial charge on any atom is -0.493 e. The van der Waals surface area contributed by atoms with Crippen LogP contribution in [0.5, 0.6) is 5.75 Å². The zero-order valence-electron chi connectivity index (χ0n) is 21.0. The van der Waals surface area contributed by atoms with Gasteiger partial charge in [0.2, 0.25) is 10.0 Å². The van der Waals surface area contributed by atoms with Crippen LogP contribution < -0.4 is 15.6 Å². The normalized spacial score (nSPS) is 14.4. The van der Waals surface area contributed by atoms with E-state index in [1.54, 1.807) is 20.0 Å². The van der Waals surface area contributed by atoms with E-state index < -0.39 is 15.6 Å². The predicted octanol–water partition coefficient (Wildman–Crippen LogP) is 2.21. The Kier molecular flexibility index (Phi) is 9.60. The minimum absolute atomic E-state index is 0.0465. The van der Waals surface area contributed by atoms with Crippen LogP contribution in [-0.2, 0) is 14.8 Å². The summed E-state index contributed by atoms with van der Waals surface area (Å²) in [6, 6.07) is 4.47. The topological polar surface area (TPSA) is 158 Å². The summed E-state index contributed by atoms with van der Waals surface area (Å²) in [5, 5.41) is 20.0. The van der Waals surface area contributed by atoms with Gasteiger partial charge in [0.15, 0.2) is 0 Å². The second-order valence-corrected chi connectivity index (χ2v) is 10.4. The lowest BCUT2D eigenvalue weighted by atomic mass is 10.1. The van der Waals surface area contributed by atoms with Gasteiger partial charge in [-0.05, 0) is 44.4 Å². The Labute approximate surface area is 211 Å². The van der Waals surface area contributed by atoms with Crippen LogP contribution in [0.25, 0.3) is 11.4 Å². The molecule has 0 atom stereocenters. The van der Waals surface area contributed by atoms with Crippen LogP contribution >= 0.6 is 0 Å². The maximum atomic E-state index is 13.3. The third-order valence-corrected chi connectivity index (χ3v) is 7.65. The molecule has 0 aliphatic carbocycles. The number of hydrogen-bond donors (Lipinski definition) is 4. The van der Waals surface area contributed by atoms with Crippen molar-refractivity contribution in [1.29, 1.82) is 5.41 Å². The lowest BCUT2D eigenvalue weighted by Gasteiger charge is -2.37. The maximum absolute atomic E-state index is 13.3. The number of rotatable bonds is 14. The summed E-state index contributed by atoms with van der Waals surface area (Å²) in [6.45, 7) is 5.14. The lowest BCUT2D eigenvalue weighted by molar-refractivity contribution is -0.0219. The summed E-state index contributed by atoms with van der Waals surface area (Å²) in [7, 11) is -2.22. The summed E-state index contributed by atoms with van der Waals surface area (Å²) >= 11 is 0. The number of anilines is 1. The Morgan fingerprint density at radius 2 is 2.06 bits per heavy atom. The van der Waals surface area contributed by atoms with Gasteiger partial charge in [0, 0.05) is 33.4 Å². The number of aromatic amines is 1. The number of aliphatic hydroxyl groups is 1. The third kappa shape index (κ3) is 6.12. The fourth-order valence-electron chi connectivity index (χ4n) is 3.87. The van der Waals surface area contributed by atoms with E-state index in [1.807, 2.05) is 6.92 Å². The molecule has 0 saturated carbocycles. The zero-order chi connectivity index (χ0) is 26.3. The first kappa shape index (κ1) is 27.8. The summed E-state index contributed by atoms with van der Waals surface area (Å²) in [5.74, 6) is 0.502. The summed E-state index contributed by atoms with van der Waals surface area (Å²) in [6.07, 6.45) is 2.34. The second-order valence-electron chi connectivity index (χ2n) is 8.45. The quantitative estimate of drug-likeness (QED) is 0.218. The molecular weight excluding hydrogens is 486 g/mol. The smallest absolute Gasteiger partial charge is 0.275 e. The number of aromatic nitrogens is 2. The van der Waals surface area contributed by atoms with Crippen molar-refractivity contribution < 1.29 is 23.0 Å². The molecule has 198 valence electrons.